The van der Waals surface area contributed by atoms with Gasteiger partial charge in [0.2, 0.25) is 0 Å². The number of methoxy groups -OCH3 is 1. The minimum Gasteiger partial charge on any atom is -0.495 e. The third-order valence-electron chi connectivity index (χ3n) is 4.68. The first-order valence-electron chi connectivity index (χ1n) is 6.88. The van der Waals surface area contributed by atoms with Crippen molar-refractivity contribution in [2.45, 2.75) is 32.1 Å². The van der Waals surface area contributed by atoms with E-state index < -0.39 is 0 Å². The molecule has 3 heteroatoms. The molecular formula is C16H22N2O. The zero-order valence-electron chi connectivity index (χ0n) is 12.2. The van der Waals surface area contributed by atoms with E-state index in [1.165, 1.54) is 40.6 Å². The molecule has 0 saturated heterocycles. The number of hydrogen-bond acceptors (Lipinski definition) is 2. The summed E-state index contributed by atoms with van der Waals surface area (Å²) >= 11 is 0. The number of nitrogens with two attached hydrogens (primary N) is 1. The van der Waals surface area contributed by atoms with Crippen LogP contribution in [0.5, 0.6) is 5.75 Å². The smallest absolute Gasteiger partial charge is 0.143 e. The fraction of sp³-hybridized carbons (Fsp3) is 0.500. The van der Waals surface area contributed by atoms with Crippen molar-refractivity contribution in [3.8, 4) is 5.75 Å². The van der Waals surface area contributed by atoms with Crippen LogP contribution in [0, 0.1) is 13.8 Å². The molecule has 1 aromatic carbocycles. The van der Waals surface area contributed by atoms with Gasteiger partial charge in [0.1, 0.15) is 5.75 Å². The molecule has 1 aliphatic carbocycles. The largest absolute Gasteiger partial charge is 0.495 e. The summed E-state index contributed by atoms with van der Waals surface area (Å²) in [6.45, 7) is 5.05. The molecule has 0 atom stereocenters. The van der Waals surface area contributed by atoms with Crippen LogP contribution in [-0.4, -0.2) is 18.2 Å². The zero-order valence-corrected chi connectivity index (χ0v) is 12.2. The van der Waals surface area contributed by atoms with Gasteiger partial charge in [-0.3, -0.25) is 0 Å². The van der Waals surface area contributed by atoms with Gasteiger partial charge in [0.05, 0.1) is 12.6 Å². The minimum absolute atomic E-state index is 0.211. The molecule has 3 nitrogen and oxygen atoms in total. The first-order valence-corrected chi connectivity index (χ1v) is 6.88. The van der Waals surface area contributed by atoms with Crippen LogP contribution in [-0.2, 0) is 12.5 Å². The van der Waals surface area contributed by atoms with Crippen LogP contribution in [0.2, 0.25) is 0 Å². The van der Waals surface area contributed by atoms with E-state index in [0.717, 1.165) is 12.3 Å². The molecule has 1 aliphatic rings. The lowest BCUT2D eigenvalue weighted by Gasteiger charge is -2.13. The van der Waals surface area contributed by atoms with Crippen molar-refractivity contribution in [2.75, 3.05) is 13.7 Å². The summed E-state index contributed by atoms with van der Waals surface area (Å²) in [7, 11) is 3.86. The summed E-state index contributed by atoms with van der Waals surface area (Å²) < 4.78 is 7.82. The van der Waals surface area contributed by atoms with Crippen LogP contribution in [0.4, 0.5) is 0 Å². The van der Waals surface area contributed by atoms with E-state index in [9.17, 15) is 0 Å². The standard InChI is InChI=1S/C16H22N2O/c1-10-7-12-14(16(9-17)5-6-16)11(2)18(3)15(12)13(8-10)19-4/h7-8H,5-6,9,17H2,1-4H3. The number of aryl methyl sites for hydroxylation is 2. The van der Waals surface area contributed by atoms with Crippen LogP contribution in [0.15, 0.2) is 12.1 Å². The Morgan fingerprint density at radius 2 is 2.00 bits per heavy atom. The van der Waals surface area contributed by atoms with E-state index in [2.05, 4.69) is 37.6 Å². The fourth-order valence-corrected chi connectivity index (χ4v) is 3.34. The third-order valence-corrected chi connectivity index (χ3v) is 4.68. The van der Waals surface area contributed by atoms with E-state index >= 15 is 0 Å². The number of fused-ring (bicyclic) bond motifs is 1. The van der Waals surface area contributed by atoms with Crippen LogP contribution in [0.3, 0.4) is 0 Å². The molecule has 1 aromatic heterocycles. The highest BCUT2D eigenvalue weighted by Crippen LogP contribution is 2.52. The van der Waals surface area contributed by atoms with Crippen LogP contribution in [0.25, 0.3) is 10.9 Å². The Labute approximate surface area is 114 Å². The van der Waals surface area contributed by atoms with Gasteiger partial charge in [-0.2, -0.15) is 0 Å². The fourth-order valence-electron chi connectivity index (χ4n) is 3.34. The summed E-state index contributed by atoms with van der Waals surface area (Å²) in [5.41, 5.74) is 11.4. The number of benzene rings is 1. The first-order chi connectivity index (χ1) is 9.04. The topological polar surface area (TPSA) is 40.2 Å². The Morgan fingerprint density at radius 3 is 2.53 bits per heavy atom. The minimum atomic E-state index is 0.211. The van der Waals surface area contributed by atoms with Gasteiger partial charge in [-0.1, -0.05) is 0 Å². The van der Waals surface area contributed by atoms with Crippen LogP contribution < -0.4 is 10.5 Å². The number of nitrogens with zero attached hydrogens (tertiary/aromatic N) is 1. The third kappa shape index (κ3) is 1.61. The molecule has 1 saturated carbocycles. The predicted molar refractivity (Wildman–Crippen MR) is 78.9 cm³/mol. The van der Waals surface area contributed by atoms with Crippen molar-refractivity contribution in [3.05, 3.63) is 29.0 Å². The quantitative estimate of drug-likeness (QED) is 0.919. The molecule has 1 fully saturated rings. The molecule has 0 spiro atoms. The van der Waals surface area contributed by atoms with Gasteiger partial charge in [-0.25, -0.2) is 0 Å². The second-order valence-electron chi connectivity index (χ2n) is 5.87. The normalized spacial score (nSPS) is 16.9. The van der Waals surface area contributed by atoms with Gasteiger partial charge < -0.3 is 15.0 Å². The Balaban J connectivity index is 2.40. The second kappa shape index (κ2) is 4.01. The van der Waals surface area contributed by atoms with Crippen molar-refractivity contribution in [3.63, 3.8) is 0 Å². The Bertz CT molecular complexity index is 651. The Kier molecular flexibility index (Phi) is 2.65. The molecule has 0 unspecified atom stereocenters. The van der Waals surface area contributed by atoms with E-state index in [-0.39, 0.29) is 5.41 Å². The SMILES string of the molecule is COc1cc(C)cc2c(C3(CN)CC3)c(C)n(C)c12. The van der Waals surface area contributed by atoms with Crippen molar-refractivity contribution in [1.82, 2.24) is 4.57 Å². The number of ether oxygens (including phenoxy) is 1. The summed E-state index contributed by atoms with van der Waals surface area (Å²) in [6.07, 6.45) is 2.42. The lowest BCUT2D eigenvalue weighted by molar-refractivity contribution is 0.417. The maximum absolute atomic E-state index is 6.04. The monoisotopic (exact) mass is 258 g/mol. The van der Waals surface area contributed by atoms with Crippen molar-refractivity contribution in [2.24, 2.45) is 12.8 Å². The van der Waals surface area contributed by atoms with Gasteiger partial charge in [0, 0.05) is 30.1 Å². The zero-order chi connectivity index (χ0) is 13.8. The van der Waals surface area contributed by atoms with Gasteiger partial charge in [0.15, 0.2) is 0 Å². The first kappa shape index (κ1) is 12.5. The summed E-state index contributed by atoms with van der Waals surface area (Å²) in [5, 5.41) is 1.32. The molecule has 0 amide bonds. The molecule has 2 aromatic rings. The van der Waals surface area contributed by atoms with Crippen LogP contribution in [0.1, 0.15) is 29.7 Å². The van der Waals surface area contributed by atoms with E-state index in [1.807, 2.05) is 0 Å². The highest BCUT2D eigenvalue weighted by Gasteiger charge is 2.46. The maximum Gasteiger partial charge on any atom is 0.143 e. The molecule has 19 heavy (non-hydrogen) atoms. The highest BCUT2D eigenvalue weighted by molar-refractivity contribution is 5.92. The Morgan fingerprint density at radius 1 is 1.32 bits per heavy atom. The predicted octanol–water partition coefficient (Wildman–Crippen LogP) is 2.79. The van der Waals surface area contributed by atoms with Gasteiger partial charge in [0.25, 0.3) is 0 Å². The van der Waals surface area contributed by atoms with Gasteiger partial charge in [-0.15, -0.1) is 0 Å². The second-order valence-corrected chi connectivity index (χ2v) is 5.87. The molecule has 0 radical (unpaired) electrons. The number of rotatable bonds is 3. The average Bonchev–Trinajstić information content (AvgIpc) is 3.13. The number of aromatic nitrogens is 1. The molecule has 1 heterocycles. The van der Waals surface area contributed by atoms with Crippen molar-refractivity contribution in [1.29, 1.82) is 0 Å². The van der Waals surface area contributed by atoms with Gasteiger partial charge >= 0.3 is 0 Å². The summed E-state index contributed by atoms with van der Waals surface area (Å²) in [5.74, 6) is 0.958. The molecule has 102 valence electrons. The number of hydrogen-bond donors (Lipinski definition) is 1. The summed E-state index contributed by atoms with van der Waals surface area (Å²) in [6, 6.07) is 4.38. The lowest BCUT2D eigenvalue weighted by atomic mass is 9.92. The van der Waals surface area contributed by atoms with E-state index in [0.29, 0.717) is 0 Å². The molecular weight excluding hydrogens is 236 g/mol. The molecule has 0 bridgehead atoms. The molecule has 3 rings (SSSR count). The maximum atomic E-state index is 6.04. The summed E-state index contributed by atoms with van der Waals surface area (Å²) in [4.78, 5) is 0. The highest BCUT2D eigenvalue weighted by atomic mass is 16.5. The van der Waals surface area contributed by atoms with Crippen molar-refractivity contribution >= 4 is 10.9 Å². The van der Waals surface area contributed by atoms with E-state index in [4.69, 9.17) is 10.5 Å². The van der Waals surface area contributed by atoms with E-state index in [1.54, 1.807) is 7.11 Å². The van der Waals surface area contributed by atoms with Crippen LogP contribution >= 0.6 is 0 Å². The molecule has 0 aliphatic heterocycles. The Hall–Kier alpha value is -1.48. The van der Waals surface area contributed by atoms with Gasteiger partial charge in [-0.05, 0) is 49.9 Å². The van der Waals surface area contributed by atoms with Crippen molar-refractivity contribution < 1.29 is 4.74 Å². The lowest BCUT2D eigenvalue weighted by Crippen LogP contribution is -2.20. The molecule has 2 N–H and O–H groups in total. The average molecular weight is 258 g/mol.